The molecule has 6 nitrogen and oxygen atoms in total. The van der Waals surface area contributed by atoms with Gasteiger partial charge in [-0.15, -0.1) is 12.4 Å². The normalized spacial score (nSPS) is 18.8. The van der Waals surface area contributed by atoms with Crippen molar-refractivity contribution in [1.82, 2.24) is 19.9 Å². The number of nitrogens with zero attached hydrogens (tertiary/aromatic N) is 4. The summed E-state index contributed by atoms with van der Waals surface area (Å²) in [6.45, 7) is 1.97. The van der Waals surface area contributed by atoms with Gasteiger partial charge >= 0.3 is 0 Å². The van der Waals surface area contributed by atoms with Crippen LogP contribution in [0.5, 0.6) is 0 Å². The highest BCUT2D eigenvalue weighted by Crippen LogP contribution is 2.37. The summed E-state index contributed by atoms with van der Waals surface area (Å²) in [5.41, 5.74) is 5.78. The first kappa shape index (κ1) is 13.0. The average Bonchev–Trinajstić information content (AvgIpc) is 2.95. The molecule has 1 unspecified atom stereocenters. The lowest BCUT2D eigenvalue weighted by molar-refractivity contribution is 0.228. The summed E-state index contributed by atoms with van der Waals surface area (Å²) in [5.74, 6) is 1.18. The molecule has 0 aromatic carbocycles. The second-order valence-electron chi connectivity index (χ2n) is 4.63. The predicted octanol–water partition coefficient (Wildman–Crippen LogP) is 1.64. The number of aromatic nitrogens is 4. The Bertz CT molecular complexity index is 505. The van der Waals surface area contributed by atoms with Crippen LogP contribution in [0.3, 0.4) is 0 Å². The number of rotatable bonds is 3. The Morgan fingerprint density at radius 2 is 2.28 bits per heavy atom. The van der Waals surface area contributed by atoms with Gasteiger partial charge in [0.25, 0.3) is 5.89 Å². The van der Waals surface area contributed by atoms with Crippen LogP contribution in [-0.2, 0) is 5.54 Å². The highest BCUT2D eigenvalue weighted by Gasteiger charge is 2.39. The standard InChI is InChI=1S/C11H15N5O.ClH/c1-8(16-7-3-6-13-16)9-14-10(15-17-9)11(12)4-2-5-11;/h3,6-8H,2,4-5,12H2,1H3;1H. The van der Waals surface area contributed by atoms with Crippen molar-refractivity contribution in [2.24, 2.45) is 5.73 Å². The van der Waals surface area contributed by atoms with E-state index in [2.05, 4.69) is 15.2 Å². The highest BCUT2D eigenvalue weighted by atomic mass is 35.5. The molecule has 2 heterocycles. The van der Waals surface area contributed by atoms with Crippen LogP contribution in [0.4, 0.5) is 0 Å². The summed E-state index contributed by atoms with van der Waals surface area (Å²) < 4.78 is 7.05. The van der Waals surface area contributed by atoms with E-state index in [1.165, 1.54) is 0 Å². The fraction of sp³-hybridized carbons (Fsp3) is 0.545. The zero-order valence-electron chi connectivity index (χ0n) is 10.1. The summed E-state index contributed by atoms with van der Waals surface area (Å²) >= 11 is 0. The molecule has 1 saturated carbocycles. The molecule has 0 spiro atoms. The minimum absolute atomic E-state index is 0. The van der Waals surface area contributed by atoms with Crippen LogP contribution >= 0.6 is 12.4 Å². The SMILES string of the molecule is CC(c1nc(C2(N)CCC2)no1)n1cccn1.Cl. The minimum Gasteiger partial charge on any atom is -0.337 e. The molecule has 7 heteroatoms. The molecule has 3 rings (SSSR count). The maximum absolute atomic E-state index is 6.15. The predicted molar refractivity (Wildman–Crippen MR) is 67.3 cm³/mol. The second-order valence-corrected chi connectivity index (χ2v) is 4.63. The minimum atomic E-state index is -0.369. The van der Waals surface area contributed by atoms with Gasteiger partial charge < -0.3 is 10.3 Å². The lowest BCUT2D eigenvalue weighted by atomic mass is 9.77. The average molecular weight is 270 g/mol. The Kier molecular flexibility index (Phi) is 3.41. The number of hydrogen-bond donors (Lipinski definition) is 1. The highest BCUT2D eigenvalue weighted by molar-refractivity contribution is 5.85. The van der Waals surface area contributed by atoms with Crippen molar-refractivity contribution in [3.05, 3.63) is 30.2 Å². The van der Waals surface area contributed by atoms with Crippen LogP contribution in [0.15, 0.2) is 23.0 Å². The number of hydrogen-bond acceptors (Lipinski definition) is 5. The number of nitrogens with two attached hydrogens (primary N) is 1. The largest absolute Gasteiger partial charge is 0.337 e. The van der Waals surface area contributed by atoms with Gasteiger partial charge in [0, 0.05) is 12.4 Å². The van der Waals surface area contributed by atoms with Crippen LogP contribution in [0.2, 0.25) is 0 Å². The second kappa shape index (κ2) is 4.70. The topological polar surface area (TPSA) is 82.8 Å². The van der Waals surface area contributed by atoms with Gasteiger partial charge in [-0.25, -0.2) is 0 Å². The first-order chi connectivity index (χ1) is 8.19. The third-order valence-corrected chi connectivity index (χ3v) is 3.41. The quantitative estimate of drug-likeness (QED) is 0.916. The first-order valence-electron chi connectivity index (χ1n) is 5.81. The van der Waals surface area contributed by atoms with Crippen LogP contribution in [-0.4, -0.2) is 19.9 Å². The first-order valence-corrected chi connectivity index (χ1v) is 5.81. The van der Waals surface area contributed by atoms with E-state index >= 15 is 0 Å². The summed E-state index contributed by atoms with van der Waals surface area (Å²) in [6.07, 6.45) is 6.60. The molecule has 0 bridgehead atoms. The maximum Gasteiger partial charge on any atom is 0.251 e. The van der Waals surface area contributed by atoms with Crippen LogP contribution in [0, 0.1) is 0 Å². The maximum atomic E-state index is 6.15. The molecule has 0 saturated heterocycles. The number of halogens is 1. The summed E-state index contributed by atoms with van der Waals surface area (Å²) in [5, 5.41) is 8.14. The summed E-state index contributed by atoms with van der Waals surface area (Å²) in [4.78, 5) is 4.40. The molecular formula is C11H16ClN5O. The lowest BCUT2D eigenvalue weighted by Crippen LogP contribution is -2.44. The zero-order valence-corrected chi connectivity index (χ0v) is 10.9. The van der Waals surface area contributed by atoms with Crippen molar-refractivity contribution in [2.45, 2.75) is 37.8 Å². The van der Waals surface area contributed by atoms with Crippen LogP contribution < -0.4 is 5.73 Å². The van der Waals surface area contributed by atoms with Gasteiger partial charge in [0.2, 0.25) is 0 Å². The van der Waals surface area contributed by atoms with E-state index in [1.54, 1.807) is 10.9 Å². The Balaban J connectivity index is 0.00000120. The van der Waals surface area contributed by atoms with Crippen molar-refractivity contribution in [2.75, 3.05) is 0 Å². The van der Waals surface area contributed by atoms with E-state index in [-0.39, 0.29) is 24.0 Å². The Morgan fingerprint density at radius 1 is 1.50 bits per heavy atom. The van der Waals surface area contributed by atoms with Crippen molar-refractivity contribution < 1.29 is 4.52 Å². The Labute approximate surface area is 111 Å². The fourth-order valence-corrected chi connectivity index (χ4v) is 2.01. The van der Waals surface area contributed by atoms with Gasteiger partial charge in [0.05, 0.1) is 5.54 Å². The van der Waals surface area contributed by atoms with Gasteiger partial charge in [-0.1, -0.05) is 5.16 Å². The Morgan fingerprint density at radius 3 is 2.83 bits per heavy atom. The van der Waals surface area contributed by atoms with Gasteiger partial charge in [-0.05, 0) is 32.3 Å². The van der Waals surface area contributed by atoms with Gasteiger partial charge in [-0.3, -0.25) is 4.68 Å². The van der Waals surface area contributed by atoms with Gasteiger partial charge in [-0.2, -0.15) is 10.1 Å². The molecule has 1 aliphatic carbocycles. The van der Waals surface area contributed by atoms with E-state index in [0.29, 0.717) is 11.7 Å². The molecule has 1 aliphatic rings. The summed E-state index contributed by atoms with van der Waals surface area (Å²) in [7, 11) is 0. The van der Waals surface area contributed by atoms with Gasteiger partial charge in [0.15, 0.2) is 5.82 Å². The molecule has 2 aromatic rings. The van der Waals surface area contributed by atoms with Crippen molar-refractivity contribution >= 4 is 12.4 Å². The van der Waals surface area contributed by atoms with E-state index in [1.807, 2.05) is 19.2 Å². The molecule has 0 amide bonds. The molecule has 0 radical (unpaired) electrons. The van der Waals surface area contributed by atoms with E-state index in [4.69, 9.17) is 10.3 Å². The third-order valence-electron chi connectivity index (χ3n) is 3.41. The molecule has 98 valence electrons. The van der Waals surface area contributed by atoms with Crippen molar-refractivity contribution in [3.63, 3.8) is 0 Å². The zero-order chi connectivity index (χ0) is 11.9. The third kappa shape index (κ3) is 2.02. The summed E-state index contributed by atoms with van der Waals surface area (Å²) in [6, 6.07) is 1.80. The molecule has 1 atom stereocenters. The van der Waals surface area contributed by atoms with Crippen LogP contribution in [0.1, 0.15) is 43.9 Å². The van der Waals surface area contributed by atoms with E-state index < -0.39 is 0 Å². The van der Waals surface area contributed by atoms with Crippen molar-refractivity contribution in [1.29, 1.82) is 0 Å². The molecule has 1 fully saturated rings. The molecule has 2 aromatic heterocycles. The monoisotopic (exact) mass is 269 g/mol. The molecule has 2 N–H and O–H groups in total. The molecule has 18 heavy (non-hydrogen) atoms. The van der Waals surface area contributed by atoms with Crippen LogP contribution in [0.25, 0.3) is 0 Å². The molecule has 0 aliphatic heterocycles. The van der Waals surface area contributed by atoms with Crippen molar-refractivity contribution in [3.8, 4) is 0 Å². The smallest absolute Gasteiger partial charge is 0.251 e. The van der Waals surface area contributed by atoms with Gasteiger partial charge in [0.1, 0.15) is 6.04 Å². The fourth-order valence-electron chi connectivity index (χ4n) is 2.01. The van der Waals surface area contributed by atoms with E-state index in [0.717, 1.165) is 19.3 Å². The molecular weight excluding hydrogens is 254 g/mol. The van der Waals surface area contributed by atoms with E-state index in [9.17, 15) is 0 Å². The Hall–Kier alpha value is -1.40. The lowest BCUT2D eigenvalue weighted by Gasteiger charge is -2.34.